The molecule has 68 valence electrons. The zero-order valence-electron chi connectivity index (χ0n) is 6.65. The highest BCUT2D eigenvalue weighted by Gasteiger charge is 2.07. The van der Waals surface area contributed by atoms with Crippen LogP contribution in [0.4, 0.5) is 5.82 Å². The first-order valence-electron chi connectivity index (χ1n) is 3.51. The molecule has 1 aromatic rings. The Morgan fingerprint density at radius 2 is 2.33 bits per heavy atom. The van der Waals surface area contributed by atoms with E-state index < -0.39 is 5.23 Å². The lowest BCUT2D eigenvalue weighted by Crippen LogP contribution is -2.96. The largest absolute Gasteiger partial charge is 0.627 e. The van der Waals surface area contributed by atoms with Crippen LogP contribution in [0.15, 0.2) is 6.20 Å². The number of nitrogens with one attached hydrogen (secondary N) is 1. The quantitative estimate of drug-likeness (QED) is 0.554. The lowest BCUT2D eigenvalue weighted by atomic mass is 10.6. The van der Waals surface area contributed by atoms with Crippen LogP contribution in [0, 0.1) is 17.3 Å². The summed E-state index contributed by atoms with van der Waals surface area (Å²) in [6.07, 6.45) is 1.22. The summed E-state index contributed by atoms with van der Waals surface area (Å²) < 4.78 is 1.40. The fourth-order valence-electron chi connectivity index (χ4n) is 1.01. The van der Waals surface area contributed by atoms with Gasteiger partial charge in [0, 0.05) is 0 Å². The van der Waals surface area contributed by atoms with Crippen molar-refractivity contribution in [2.75, 3.05) is 6.61 Å². The van der Waals surface area contributed by atoms with E-state index in [9.17, 15) is 10.4 Å². The summed E-state index contributed by atoms with van der Waals surface area (Å²) in [5, 5.41) is 28.2. The average Bonchev–Trinajstić information content (AvgIpc) is 2.34. The minimum atomic E-state index is -1.27. The highest BCUT2D eigenvalue weighted by atomic mass is 16.8. The normalized spacial score (nSPS) is 11.1. The Hall–Kier alpha value is -0.950. The van der Waals surface area contributed by atoms with Crippen molar-refractivity contribution in [1.82, 2.24) is 9.55 Å². The van der Waals surface area contributed by atoms with Gasteiger partial charge < -0.3 is 20.7 Å². The molecule has 12 heavy (non-hydrogen) atoms. The molecule has 0 aliphatic heterocycles. The summed E-state index contributed by atoms with van der Waals surface area (Å²) in [5.41, 5.74) is 0. The molecular weight excluding hydrogens is 162 g/mol. The molecule has 0 bridgehead atoms. The number of aryl methyl sites for hydroxylation is 1. The van der Waals surface area contributed by atoms with Crippen molar-refractivity contribution in [2.24, 2.45) is 0 Å². The molecule has 0 unspecified atom stereocenters. The Kier molecular flexibility index (Phi) is 2.77. The van der Waals surface area contributed by atoms with Gasteiger partial charge in [0.05, 0.1) is 13.2 Å². The molecule has 1 heterocycles. The van der Waals surface area contributed by atoms with E-state index in [1.165, 1.54) is 10.8 Å². The molecule has 0 saturated carbocycles. The third kappa shape index (κ3) is 1.62. The van der Waals surface area contributed by atoms with E-state index in [0.29, 0.717) is 5.82 Å². The fraction of sp³-hybridized carbons (Fsp3) is 0.500. The summed E-state index contributed by atoms with van der Waals surface area (Å²) in [7, 11) is 0. The summed E-state index contributed by atoms with van der Waals surface area (Å²) in [4.78, 5) is 3.79. The van der Waals surface area contributed by atoms with Gasteiger partial charge >= 0.3 is 0 Å². The third-order valence-corrected chi connectivity index (χ3v) is 1.59. The summed E-state index contributed by atoms with van der Waals surface area (Å²) in [6.45, 7) is 1.79. The first kappa shape index (κ1) is 9.14. The second-order valence-corrected chi connectivity index (χ2v) is 2.35. The topological polar surface area (TPSA) is 88.6 Å². The van der Waals surface area contributed by atoms with Crippen molar-refractivity contribution >= 4 is 5.82 Å². The van der Waals surface area contributed by atoms with Crippen LogP contribution in [-0.4, -0.2) is 21.3 Å². The molecule has 0 spiro atoms. The van der Waals surface area contributed by atoms with Crippen LogP contribution in [0.1, 0.15) is 5.82 Å². The standard InChI is InChI=1S/C6H10N3O3/c1-5-7-4-6(9(11)12)8(5)2-3-10/h4,9-10H,2-3H2,1H3/q-1. The summed E-state index contributed by atoms with van der Waals surface area (Å²) >= 11 is 0. The van der Waals surface area contributed by atoms with Gasteiger partial charge in [-0.15, -0.1) is 0 Å². The van der Waals surface area contributed by atoms with Crippen molar-refractivity contribution in [3.63, 3.8) is 0 Å². The number of aliphatic hydroxyl groups excluding tert-OH is 1. The molecule has 0 fully saturated rings. The van der Waals surface area contributed by atoms with E-state index in [0.717, 1.165) is 0 Å². The number of rotatable bonds is 3. The lowest BCUT2D eigenvalue weighted by Gasteiger charge is -2.24. The predicted octanol–water partition coefficient (Wildman–Crippen LogP) is -1.30. The number of nitrogens with zero attached hydrogens (tertiary/aromatic N) is 2. The molecule has 0 aliphatic rings. The number of hydrogen-bond acceptors (Lipinski definition) is 4. The van der Waals surface area contributed by atoms with Gasteiger partial charge in [-0.3, -0.25) is 4.57 Å². The van der Waals surface area contributed by atoms with Crippen LogP contribution >= 0.6 is 0 Å². The first-order chi connectivity index (χ1) is 5.66. The van der Waals surface area contributed by atoms with Gasteiger partial charge in [-0.1, -0.05) is 0 Å². The highest BCUT2D eigenvalue weighted by Crippen LogP contribution is 2.04. The molecule has 6 heteroatoms. The van der Waals surface area contributed by atoms with Crippen molar-refractivity contribution in [2.45, 2.75) is 13.5 Å². The molecule has 1 rings (SSSR count). The van der Waals surface area contributed by atoms with Crippen LogP contribution in [-0.2, 0) is 6.54 Å². The molecule has 0 aromatic carbocycles. The van der Waals surface area contributed by atoms with Crippen molar-refractivity contribution in [1.29, 1.82) is 0 Å². The zero-order chi connectivity index (χ0) is 9.14. The number of aromatic nitrogens is 2. The summed E-state index contributed by atoms with van der Waals surface area (Å²) in [6, 6.07) is 0. The minimum absolute atomic E-state index is 0.00144. The second kappa shape index (κ2) is 3.63. The molecular formula is C6H10N3O3-. The second-order valence-electron chi connectivity index (χ2n) is 2.35. The van der Waals surface area contributed by atoms with Gasteiger partial charge in [0.2, 0.25) is 5.82 Å². The molecule has 0 aliphatic carbocycles. The first-order valence-corrected chi connectivity index (χ1v) is 3.51. The Balaban J connectivity index is 2.95. The average molecular weight is 172 g/mol. The Morgan fingerprint density at radius 1 is 1.67 bits per heavy atom. The van der Waals surface area contributed by atoms with Crippen molar-refractivity contribution in [3.8, 4) is 0 Å². The van der Waals surface area contributed by atoms with Crippen LogP contribution in [0.3, 0.4) is 0 Å². The van der Waals surface area contributed by atoms with Gasteiger partial charge in [-0.05, 0) is 6.92 Å². The number of imidazole rings is 1. The Bertz CT molecular complexity index is 259. The minimum Gasteiger partial charge on any atom is -0.627 e. The maximum absolute atomic E-state index is 10.5. The summed E-state index contributed by atoms with van der Waals surface area (Å²) in [5.74, 6) is 0.560. The smallest absolute Gasteiger partial charge is 0.226 e. The van der Waals surface area contributed by atoms with E-state index in [2.05, 4.69) is 4.98 Å². The molecule has 2 N–H and O–H groups in total. The third-order valence-electron chi connectivity index (χ3n) is 1.59. The number of hydrogen-bond donors (Lipinski definition) is 2. The number of aliphatic hydroxyl groups is 1. The van der Waals surface area contributed by atoms with Crippen molar-refractivity contribution in [3.05, 3.63) is 22.4 Å². The van der Waals surface area contributed by atoms with E-state index in [4.69, 9.17) is 5.11 Å². The molecule has 0 radical (unpaired) electrons. The van der Waals surface area contributed by atoms with E-state index in [-0.39, 0.29) is 19.0 Å². The molecule has 0 atom stereocenters. The monoisotopic (exact) mass is 172 g/mol. The highest BCUT2D eigenvalue weighted by molar-refractivity contribution is 5.18. The fourth-order valence-corrected chi connectivity index (χ4v) is 1.01. The lowest BCUT2D eigenvalue weighted by molar-refractivity contribution is -0.719. The van der Waals surface area contributed by atoms with Gasteiger partial charge in [0.1, 0.15) is 12.0 Å². The van der Waals surface area contributed by atoms with Gasteiger partial charge in [-0.2, -0.15) is 0 Å². The molecule has 0 amide bonds. The van der Waals surface area contributed by atoms with Crippen LogP contribution in [0.25, 0.3) is 0 Å². The van der Waals surface area contributed by atoms with Crippen LogP contribution in [0.5, 0.6) is 0 Å². The van der Waals surface area contributed by atoms with Gasteiger partial charge in [0.25, 0.3) is 0 Å². The molecule has 6 nitrogen and oxygen atoms in total. The Labute approximate surface area is 69.2 Å². The van der Waals surface area contributed by atoms with E-state index >= 15 is 0 Å². The van der Waals surface area contributed by atoms with Crippen LogP contribution < -0.4 is 5.23 Å². The maximum atomic E-state index is 10.5. The van der Waals surface area contributed by atoms with Gasteiger partial charge in [-0.25, -0.2) is 4.98 Å². The number of quaternary nitrogens is 1. The molecule has 0 saturated heterocycles. The van der Waals surface area contributed by atoms with E-state index in [1.807, 2.05) is 0 Å². The SMILES string of the molecule is Cc1ncc([NH+]([O-])[O-])n1CCO. The molecule has 1 aromatic heterocycles. The Morgan fingerprint density at radius 3 is 2.83 bits per heavy atom. The predicted molar refractivity (Wildman–Crippen MR) is 41.4 cm³/mol. The van der Waals surface area contributed by atoms with Gasteiger partial charge in [0.15, 0.2) is 0 Å². The van der Waals surface area contributed by atoms with Crippen molar-refractivity contribution < 1.29 is 10.3 Å². The van der Waals surface area contributed by atoms with Crippen LogP contribution in [0.2, 0.25) is 0 Å². The van der Waals surface area contributed by atoms with E-state index in [1.54, 1.807) is 6.92 Å². The maximum Gasteiger partial charge on any atom is 0.226 e. The zero-order valence-corrected chi connectivity index (χ0v) is 6.65.